The van der Waals surface area contributed by atoms with Crippen LogP contribution >= 0.6 is 11.3 Å². The molecule has 10 rings (SSSR count). The second kappa shape index (κ2) is 10.7. The summed E-state index contributed by atoms with van der Waals surface area (Å²) in [6.07, 6.45) is 13.7. The lowest BCUT2D eigenvalue weighted by molar-refractivity contribution is 1.00. The molecule has 1 aromatic heterocycles. The monoisotopic (exact) mass is 616 g/mol. The van der Waals surface area contributed by atoms with E-state index < -0.39 is 0 Å². The van der Waals surface area contributed by atoms with Crippen LogP contribution in [0.4, 0.5) is 0 Å². The van der Waals surface area contributed by atoms with Gasteiger partial charge in [-0.25, -0.2) is 0 Å². The van der Waals surface area contributed by atoms with E-state index in [1.165, 1.54) is 97.0 Å². The number of thiophene rings is 1. The van der Waals surface area contributed by atoms with E-state index in [0.29, 0.717) is 0 Å². The molecule has 0 spiro atoms. The molecule has 1 heteroatoms. The first-order valence-electron chi connectivity index (χ1n) is 16.8. The van der Waals surface area contributed by atoms with E-state index in [2.05, 4.69) is 146 Å². The Bertz CT molecular complexity index is 2660. The number of aryl methyl sites for hydroxylation is 1. The highest BCUT2D eigenvalue weighted by atomic mass is 32.1. The molecule has 7 aromatic carbocycles. The van der Waals surface area contributed by atoms with E-state index in [1.54, 1.807) is 0 Å². The van der Waals surface area contributed by atoms with Crippen LogP contribution in [0.1, 0.15) is 41.5 Å². The molecule has 2 aliphatic rings. The highest BCUT2D eigenvalue weighted by molar-refractivity contribution is 7.27. The fourth-order valence-electron chi connectivity index (χ4n) is 8.11. The molecule has 0 saturated carbocycles. The molecular formula is C46H32S. The number of hydrogen-bond donors (Lipinski definition) is 0. The van der Waals surface area contributed by atoms with Crippen molar-refractivity contribution in [3.05, 3.63) is 162 Å². The summed E-state index contributed by atoms with van der Waals surface area (Å²) in [6.45, 7) is 0. The van der Waals surface area contributed by atoms with Gasteiger partial charge in [-0.1, -0.05) is 140 Å². The van der Waals surface area contributed by atoms with Crippen LogP contribution < -0.4 is 0 Å². The second-order valence-electron chi connectivity index (χ2n) is 13.0. The van der Waals surface area contributed by atoms with Crippen LogP contribution in [0.5, 0.6) is 0 Å². The van der Waals surface area contributed by atoms with E-state index in [4.69, 9.17) is 0 Å². The van der Waals surface area contributed by atoms with Crippen molar-refractivity contribution in [3.63, 3.8) is 0 Å². The van der Waals surface area contributed by atoms with Gasteiger partial charge >= 0.3 is 0 Å². The van der Waals surface area contributed by atoms with Crippen molar-refractivity contribution in [3.8, 4) is 11.1 Å². The van der Waals surface area contributed by atoms with Crippen LogP contribution in [0, 0.1) is 0 Å². The van der Waals surface area contributed by atoms with Crippen molar-refractivity contribution in [1.82, 2.24) is 0 Å². The largest absolute Gasteiger partial charge is 0.134 e. The first-order valence-corrected chi connectivity index (χ1v) is 17.6. The number of benzene rings is 7. The van der Waals surface area contributed by atoms with Crippen molar-refractivity contribution in [1.29, 1.82) is 0 Å². The van der Waals surface area contributed by atoms with Gasteiger partial charge < -0.3 is 0 Å². The van der Waals surface area contributed by atoms with E-state index in [9.17, 15) is 0 Å². The Balaban J connectivity index is 0.988. The van der Waals surface area contributed by atoms with Gasteiger partial charge in [0.15, 0.2) is 0 Å². The standard InChI is InChI=1S/C46H32S/c1-2-9-35-32(8-1)24-27-43-42-15-7-14-36(45(42)47-46(35)43)33-22-20-30(21-23-33)29-16-18-31(19-17-29)34-25-26-41-39-12-4-3-10-37(39)38-11-5-6-13-40(38)44(41)28-34/h1-3,5-11,13-16,18,20-28H,4,12,17,19H2. The van der Waals surface area contributed by atoms with Gasteiger partial charge in [0.1, 0.15) is 0 Å². The quantitative estimate of drug-likeness (QED) is 0.173. The Morgan fingerprint density at radius 3 is 1.98 bits per heavy atom. The van der Waals surface area contributed by atoms with E-state index in [1.807, 2.05) is 11.3 Å². The summed E-state index contributed by atoms with van der Waals surface area (Å²) >= 11 is 1.93. The smallest absolute Gasteiger partial charge is 0.0434 e. The molecule has 2 aliphatic carbocycles. The van der Waals surface area contributed by atoms with Gasteiger partial charge in [0.25, 0.3) is 0 Å². The molecule has 1 heterocycles. The van der Waals surface area contributed by atoms with Crippen molar-refractivity contribution >= 4 is 81.0 Å². The maximum absolute atomic E-state index is 2.45. The first kappa shape index (κ1) is 26.9. The molecule has 0 N–H and O–H groups in total. The van der Waals surface area contributed by atoms with Gasteiger partial charge in [-0.15, -0.1) is 11.3 Å². The molecule has 0 unspecified atom stereocenters. The maximum Gasteiger partial charge on any atom is 0.0434 e. The Morgan fingerprint density at radius 1 is 0.447 bits per heavy atom. The van der Waals surface area contributed by atoms with Crippen molar-refractivity contribution in [2.45, 2.75) is 25.7 Å². The molecule has 0 bridgehead atoms. The summed E-state index contributed by atoms with van der Waals surface area (Å²) in [5.41, 5.74) is 11.0. The third kappa shape index (κ3) is 4.27. The van der Waals surface area contributed by atoms with Crippen molar-refractivity contribution in [2.24, 2.45) is 0 Å². The number of allylic oxidation sites excluding steroid dienone is 5. The van der Waals surface area contributed by atoms with E-state index >= 15 is 0 Å². The minimum Gasteiger partial charge on any atom is -0.134 e. The van der Waals surface area contributed by atoms with Crippen LogP contribution in [0.3, 0.4) is 0 Å². The zero-order valence-corrected chi connectivity index (χ0v) is 26.9. The average molecular weight is 617 g/mol. The lowest BCUT2D eigenvalue weighted by Crippen LogP contribution is -1.99. The predicted molar refractivity (Wildman–Crippen MR) is 206 cm³/mol. The van der Waals surface area contributed by atoms with Crippen LogP contribution in [0.25, 0.3) is 80.8 Å². The fourth-order valence-corrected chi connectivity index (χ4v) is 9.49. The second-order valence-corrected chi connectivity index (χ2v) is 14.1. The lowest BCUT2D eigenvalue weighted by Gasteiger charge is -2.20. The summed E-state index contributed by atoms with van der Waals surface area (Å²) < 4.78 is 2.75. The Hall–Kier alpha value is -5.24. The van der Waals surface area contributed by atoms with Crippen molar-refractivity contribution < 1.29 is 0 Å². The average Bonchev–Trinajstić information content (AvgIpc) is 3.55. The molecule has 47 heavy (non-hydrogen) atoms. The highest BCUT2D eigenvalue weighted by Crippen LogP contribution is 2.43. The molecule has 222 valence electrons. The summed E-state index contributed by atoms with van der Waals surface area (Å²) in [6, 6.07) is 45.5. The zero-order valence-electron chi connectivity index (χ0n) is 26.1. The van der Waals surface area contributed by atoms with Gasteiger partial charge in [0.2, 0.25) is 0 Å². The zero-order chi connectivity index (χ0) is 30.9. The van der Waals surface area contributed by atoms with Crippen molar-refractivity contribution in [2.75, 3.05) is 0 Å². The molecule has 0 radical (unpaired) electrons. The molecular weight excluding hydrogens is 585 g/mol. The Labute approximate surface area is 278 Å². The number of fused-ring (bicyclic) bond motifs is 11. The predicted octanol–water partition coefficient (Wildman–Crippen LogP) is 13.4. The van der Waals surface area contributed by atoms with Gasteiger partial charge in [0, 0.05) is 20.2 Å². The first-order chi connectivity index (χ1) is 23.3. The lowest BCUT2D eigenvalue weighted by atomic mass is 9.84. The molecule has 0 amide bonds. The minimum atomic E-state index is 1.05. The Kier molecular flexibility index (Phi) is 6.11. The fraction of sp³-hybridized carbons (Fsp3) is 0.0870. The number of hydrogen-bond acceptors (Lipinski definition) is 1. The van der Waals surface area contributed by atoms with E-state index in [0.717, 1.165) is 25.7 Å². The normalized spacial score (nSPS) is 14.6. The molecule has 0 fully saturated rings. The van der Waals surface area contributed by atoms with Gasteiger partial charge in [0.05, 0.1) is 0 Å². The number of rotatable bonds is 3. The summed E-state index contributed by atoms with van der Waals surface area (Å²) in [7, 11) is 0. The Morgan fingerprint density at radius 2 is 1.13 bits per heavy atom. The summed E-state index contributed by atoms with van der Waals surface area (Å²) in [4.78, 5) is 0. The van der Waals surface area contributed by atoms with Crippen LogP contribution in [0.15, 0.2) is 140 Å². The SMILES string of the molecule is C1=Cc2c(c3ccc(C4=CC=C(c5ccc(-c6cccc7c6sc6c8ccccc8ccc76)cc5)CC4)cc3c3ccccc23)CC1. The summed E-state index contributed by atoms with van der Waals surface area (Å²) in [5.74, 6) is 0. The molecule has 8 aromatic rings. The van der Waals surface area contributed by atoms with Gasteiger partial charge in [-0.2, -0.15) is 0 Å². The minimum absolute atomic E-state index is 1.05. The topological polar surface area (TPSA) is 0 Å². The summed E-state index contributed by atoms with van der Waals surface area (Å²) in [5, 5.41) is 10.9. The molecule has 0 atom stereocenters. The van der Waals surface area contributed by atoms with Crippen LogP contribution in [-0.4, -0.2) is 0 Å². The van der Waals surface area contributed by atoms with Crippen LogP contribution in [-0.2, 0) is 6.42 Å². The van der Waals surface area contributed by atoms with Gasteiger partial charge in [-0.3, -0.25) is 0 Å². The van der Waals surface area contributed by atoms with Crippen LogP contribution in [0.2, 0.25) is 0 Å². The third-order valence-corrected chi connectivity index (χ3v) is 11.8. The molecule has 0 aliphatic heterocycles. The third-order valence-electron chi connectivity index (χ3n) is 10.5. The van der Waals surface area contributed by atoms with Gasteiger partial charge in [-0.05, 0) is 109 Å². The van der Waals surface area contributed by atoms with E-state index in [-0.39, 0.29) is 0 Å². The molecule has 0 nitrogen and oxygen atoms in total. The highest BCUT2D eigenvalue weighted by Gasteiger charge is 2.17. The molecule has 0 saturated heterocycles. The maximum atomic E-state index is 2.45.